The highest BCUT2D eigenvalue weighted by molar-refractivity contribution is 6.01. The number of nitrogens with one attached hydrogen (secondary N) is 1. The summed E-state index contributed by atoms with van der Waals surface area (Å²) in [5, 5.41) is 8.02. The normalized spacial score (nSPS) is 19.8. The maximum Gasteiger partial charge on any atom is 0.416 e. The largest absolute Gasteiger partial charge is 0.416 e. The Kier molecular flexibility index (Phi) is 8.75. The number of carbonyl (C=O) groups is 1. The van der Waals surface area contributed by atoms with E-state index in [9.17, 15) is 18.0 Å². The number of nitrogens with zero attached hydrogens (tertiary/aromatic N) is 2. The minimum atomic E-state index is -4.37. The maximum atomic E-state index is 13.5. The zero-order valence-electron chi connectivity index (χ0n) is 22.0. The van der Waals surface area contributed by atoms with E-state index in [1.54, 1.807) is 24.4 Å². The monoisotopic (exact) mass is 523 g/mol. The Labute approximate surface area is 223 Å². The van der Waals surface area contributed by atoms with E-state index in [2.05, 4.69) is 18.7 Å². The van der Waals surface area contributed by atoms with Gasteiger partial charge in [0.2, 0.25) is 0 Å². The van der Waals surface area contributed by atoms with Gasteiger partial charge in [-0.1, -0.05) is 37.3 Å². The minimum Gasteiger partial charge on any atom is -0.324 e. The van der Waals surface area contributed by atoms with Crippen LogP contribution in [0.15, 0.2) is 72.1 Å². The predicted molar refractivity (Wildman–Crippen MR) is 147 cm³/mol. The van der Waals surface area contributed by atoms with Crippen LogP contribution in [0.5, 0.6) is 0 Å². The number of rotatable bonds is 5. The lowest BCUT2D eigenvalue weighted by Crippen LogP contribution is -2.41. The molecule has 1 N–H and O–H groups in total. The lowest BCUT2D eigenvalue weighted by atomic mass is 9.88. The summed E-state index contributed by atoms with van der Waals surface area (Å²) in [6.07, 6.45) is 12.5. The van der Waals surface area contributed by atoms with Gasteiger partial charge in [0.25, 0.3) is 0 Å². The Hall–Kier alpha value is -3.35. The molecule has 0 bridgehead atoms. The molecule has 0 spiro atoms. The summed E-state index contributed by atoms with van der Waals surface area (Å²) in [5.74, 6) is 0. The Morgan fingerprint density at radius 2 is 1.95 bits per heavy atom. The van der Waals surface area contributed by atoms with E-state index in [-0.39, 0.29) is 6.03 Å². The summed E-state index contributed by atoms with van der Waals surface area (Å²) in [4.78, 5) is 16.6. The van der Waals surface area contributed by atoms with Gasteiger partial charge in [-0.15, -0.1) is 0 Å². The predicted octanol–water partition coefficient (Wildman–Crippen LogP) is 8.44. The number of alkyl halides is 3. The highest BCUT2D eigenvalue weighted by atomic mass is 19.4. The van der Waals surface area contributed by atoms with Crippen LogP contribution < -0.4 is 0 Å². The van der Waals surface area contributed by atoms with Gasteiger partial charge < -0.3 is 10.3 Å². The minimum absolute atomic E-state index is 0.143. The molecule has 1 fully saturated rings. The molecular formula is C31H36F3N3O. The van der Waals surface area contributed by atoms with Crippen LogP contribution in [0.4, 0.5) is 18.0 Å². The Balaban J connectivity index is 1.45. The molecule has 0 atom stereocenters. The number of amides is 2. The molecule has 1 saturated heterocycles. The average Bonchev–Trinajstić information content (AvgIpc) is 3.16. The van der Waals surface area contributed by atoms with E-state index >= 15 is 0 Å². The third kappa shape index (κ3) is 6.55. The lowest BCUT2D eigenvalue weighted by molar-refractivity contribution is -0.137. The van der Waals surface area contributed by atoms with Crippen LogP contribution >= 0.6 is 0 Å². The zero-order chi connectivity index (χ0) is 27.3. The molecule has 4 rings (SSSR count). The molecule has 0 aromatic heterocycles. The maximum absolute atomic E-state index is 13.5. The average molecular weight is 524 g/mol. The molecule has 1 aromatic rings. The SMILES string of the molecule is C=C1C=C(C(=N)CC)C=CN1C(=O)N1CCC/C(=C/Cc2cc(C(F)(F)F)ccc2C2=CCCCC2)CC1. The summed E-state index contributed by atoms with van der Waals surface area (Å²) < 4.78 is 40.4. The van der Waals surface area contributed by atoms with Gasteiger partial charge >= 0.3 is 12.2 Å². The molecule has 1 aromatic carbocycles. The Bertz CT molecular complexity index is 1220. The smallest absolute Gasteiger partial charge is 0.324 e. The van der Waals surface area contributed by atoms with E-state index in [1.807, 2.05) is 11.8 Å². The summed E-state index contributed by atoms with van der Waals surface area (Å²) in [7, 11) is 0. The van der Waals surface area contributed by atoms with Gasteiger partial charge in [0.05, 0.1) is 5.56 Å². The zero-order valence-corrected chi connectivity index (χ0v) is 22.0. The fraction of sp³-hybridized carbons (Fsp3) is 0.419. The van der Waals surface area contributed by atoms with Crippen molar-refractivity contribution in [2.24, 2.45) is 0 Å². The number of carbonyl (C=O) groups excluding carboxylic acids is 1. The van der Waals surface area contributed by atoms with Crippen LogP contribution in [0.1, 0.15) is 75.0 Å². The number of benzene rings is 1. The number of hydrogen-bond donors (Lipinski definition) is 1. The summed E-state index contributed by atoms with van der Waals surface area (Å²) >= 11 is 0. The first-order valence-electron chi connectivity index (χ1n) is 13.5. The van der Waals surface area contributed by atoms with Crippen molar-refractivity contribution in [2.45, 2.75) is 70.9 Å². The van der Waals surface area contributed by atoms with Crippen molar-refractivity contribution in [2.75, 3.05) is 13.1 Å². The van der Waals surface area contributed by atoms with Gasteiger partial charge in [-0.2, -0.15) is 13.2 Å². The van der Waals surface area contributed by atoms with Crippen LogP contribution in [-0.2, 0) is 12.6 Å². The van der Waals surface area contributed by atoms with Crippen LogP contribution in [-0.4, -0.2) is 34.6 Å². The third-order valence-corrected chi connectivity index (χ3v) is 7.52. The third-order valence-electron chi connectivity index (χ3n) is 7.52. The number of allylic oxidation sites excluding steroid dienone is 6. The second kappa shape index (κ2) is 12.0. The molecule has 0 radical (unpaired) electrons. The van der Waals surface area contributed by atoms with Gasteiger partial charge in [0.15, 0.2) is 0 Å². The molecule has 7 heteroatoms. The molecule has 38 heavy (non-hydrogen) atoms. The Morgan fingerprint density at radius 1 is 1.13 bits per heavy atom. The first-order chi connectivity index (χ1) is 18.2. The first-order valence-corrected chi connectivity index (χ1v) is 13.5. The van der Waals surface area contributed by atoms with E-state index in [1.165, 1.54) is 22.6 Å². The topological polar surface area (TPSA) is 47.4 Å². The molecular weight excluding hydrogens is 487 g/mol. The van der Waals surface area contributed by atoms with E-state index in [4.69, 9.17) is 5.41 Å². The summed E-state index contributed by atoms with van der Waals surface area (Å²) in [6, 6.07) is 4.00. The number of likely N-dealkylation sites (tertiary alicyclic amines) is 1. The van der Waals surface area contributed by atoms with Crippen molar-refractivity contribution in [1.29, 1.82) is 5.41 Å². The molecule has 0 unspecified atom stereocenters. The second-order valence-corrected chi connectivity index (χ2v) is 10.1. The van der Waals surface area contributed by atoms with Crippen LogP contribution in [0.25, 0.3) is 5.57 Å². The van der Waals surface area contributed by atoms with Crippen molar-refractivity contribution < 1.29 is 18.0 Å². The standard InChI is InChI=1S/C31H36F3N3O/c1-3-29(35)26-16-19-37(22(2)20-26)30(38)36-17-7-8-23(15-18-36)11-12-25-21-27(31(32,33)34)13-14-28(25)24-9-5-4-6-10-24/h9,11,13-14,16,19-21,35H,2-8,10,12,15,17-18H2,1H3/b23-11-,35-29?. The Morgan fingerprint density at radius 3 is 2.63 bits per heavy atom. The highest BCUT2D eigenvalue weighted by Crippen LogP contribution is 2.35. The quantitative estimate of drug-likeness (QED) is 0.306. The number of hydrogen-bond acceptors (Lipinski definition) is 2. The number of halogens is 3. The van der Waals surface area contributed by atoms with Gasteiger partial charge in [-0.25, -0.2) is 4.79 Å². The fourth-order valence-corrected chi connectivity index (χ4v) is 5.28. The summed E-state index contributed by atoms with van der Waals surface area (Å²) in [5.41, 5.74) is 5.17. The molecule has 2 heterocycles. The van der Waals surface area contributed by atoms with Gasteiger partial charge in [0.1, 0.15) is 0 Å². The van der Waals surface area contributed by atoms with Crippen molar-refractivity contribution in [3.8, 4) is 0 Å². The van der Waals surface area contributed by atoms with E-state index < -0.39 is 11.7 Å². The van der Waals surface area contributed by atoms with Crippen molar-refractivity contribution in [3.05, 3.63) is 88.8 Å². The van der Waals surface area contributed by atoms with Crippen molar-refractivity contribution in [3.63, 3.8) is 0 Å². The molecule has 2 aliphatic heterocycles. The second-order valence-electron chi connectivity index (χ2n) is 10.1. The molecule has 202 valence electrons. The first kappa shape index (κ1) is 27.7. The molecule has 0 saturated carbocycles. The molecule has 3 aliphatic rings. The van der Waals surface area contributed by atoms with Crippen LogP contribution in [0.2, 0.25) is 0 Å². The molecule has 2 amide bonds. The van der Waals surface area contributed by atoms with Crippen molar-refractivity contribution in [1.82, 2.24) is 9.80 Å². The van der Waals surface area contributed by atoms with Crippen LogP contribution in [0, 0.1) is 5.41 Å². The fourth-order valence-electron chi connectivity index (χ4n) is 5.28. The summed E-state index contributed by atoms with van der Waals surface area (Å²) in [6.45, 7) is 7.08. The molecule has 4 nitrogen and oxygen atoms in total. The van der Waals surface area contributed by atoms with E-state index in [0.29, 0.717) is 49.3 Å². The van der Waals surface area contributed by atoms with E-state index in [0.717, 1.165) is 55.2 Å². The lowest BCUT2D eigenvalue weighted by Gasteiger charge is -2.29. The molecule has 1 aliphatic carbocycles. The van der Waals surface area contributed by atoms with Crippen LogP contribution in [0.3, 0.4) is 0 Å². The van der Waals surface area contributed by atoms with Gasteiger partial charge in [0, 0.05) is 30.7 Å². The highest BCUT2D eigenvalue weighted by Gasteiger charge is 2.31. The van der Waals surface area contributed by atoms with Crippen molar-refractivity contribution >= 4 is 17.3 Å². The van der Waals surface area contributed by atoms with Gasteiger partial charge in [-0.05, 0) is 104 Å². The number of urea groups is 1. The van der Waals surface area contributed by atoms with Gasteiger partial charge in [-0.3, -0.25) is 4.90 Å².